The standard InChI is InChI=1S/C14H15N3S/c1-9(2)12-8-18-14(16-12)17-13-10(3)5-4-6-11(13)7-15/h4-6,8-9H,1-3H3,(H,16,17). The van der Waals surface area contributed by atoms with Gasteiger partial charge < -0.3 is 5.32 Å². The Bertz CT molecular complexity index is 593. The van der Waals surface area contributed by atoms with Crippen LogP contribution in [0.3, 0.4) is 0 Å². The first-order valence-electron chi connectivity index (χ1n) is 5.84. The average molecular weight is 257 g/mol. The number of hydrogen-bond donors (Lipinski definition) is 1. The van der Waals surface area contributed by atoms with Crippen LogP contribution in [0.4, 0.5) is 10.8 Å². The number of hydrogen-bond acceptors (Lipinski definition) is 4. The van der Waals surface area contributed by atoms with Crippen molar-refractivity contribution in [1.82, 2.24) is 4.98 Å². The minimum Gasteiger partial charge on any atom is -0.330 e. The van der Waals surface area contributed by atoms with Crippen molar-refractivity contribution < 1.29 is 0 Å². The first kappa shape index (κ1) is 12.6. The van der Waals surface area contributed by atoms with Gasteiger partial charge in [0.25, 0.3) is 0 Å². The highest BCUT2D eigenvalue weighted by molar-refractivity contribution is 7.13. The average Bonchev–Trinajstić information content (AvgIpc) is 2.80. The summed E-state index contributed by atoms with van der Waals surface area (Å²) in [5.41, 5.74) is 3.63. The summed E-state index contributed by atoms with van der Waals surface area (Å²) in [5, 5.41) is 15.2. The Labute approximate surface area is 111 Å². The first-order chi connectivity index (χ1) is 8.61. The molecule has 0 unspecified atom stereocenters. The van der Waals surface area contributed by atoms with Gasteiger partial charge in [-0.15, -0.1) is 11.3 Å². The third-order valence-corrected chi connectivity index (χ3v) is 3.51. The Morgan fingerprint density at radius 3 is 2.78 bits per heavy atom. The van der Waals surface area contributed by atoms with Gasteiger partial charge in [-0.1, -0.05) is 26.0 Å². The summed E-state index contributed by atoms with van der Waals surface area (Å²) in [6.45, 7) is 6.22. The predicted octanol–water partition coefficient (Wildman–Crippen LogP) is 4.19. The van der Waals surface area contributed by atoms with E-state index in [9.17, 15) is 0 Å². The molecule has 1 N–H and O–H groups in total. The third-order valence-electron chi connectivity index (χ3n) is 2.74. The molecule has 0 aliphatic heterocycles. The molecule has 0 bridgehead atoms. The molecule has 2 aromatic rings. The van der Waals surface area contributed by atoms with Crippen molar-refractivity contribution in [2.45, 2.75) is 26.7 Å². The summed E-state index contributed by atoms with van der Waals surface area (Å²) in [6.07, 6.45) is 0. The van der Waals surface area contributed by atoms with E-state index in [4.69, 9.17) is 5.26 Å². The van der Waals surface area contributed by atoms with E-state index in [0.717, 1.165) is 22.1 Å². The minimum absolute atomic E-state index is 0.420. The predicted molar refractivity (Wildman–Crippen MR) is 75.4 cm³/mol. The van der Waals surface area contributed by atoms with Gasteiger partial charge in [-0.25, -0.2) is 4.98 Å². The van der Waals surface area contributed by atoms with E-state index in [-0.39, 0.29) is 0 Å². The number of anilines is 2. The maximum absolute atomic E-state index is 9.11. The second-order valence-corrected chi connectivity index (χ2v) is 5.32. The van der Waals surface area contributed by atoms with E-state index in [2.05, 4.69) is 35.6 Å². The monoisotopic (exact) mass is 257 g/mol. The Kier molecular flexibility index (Phi) is 3.63. The van der Waals surface area contributed by atoms with E-state index in [1.165, 1.54) is 0 Å². The van der Waals surface area contributed by atoms with Crippen LogP contribution in [0.5, 0.6) is 0 Å². The first-order valence-corrected chi connectivity index (χ1v) is 6.72. The van der Waals surface area contributed by atoms with Crippen LogP contribution in [0.2, 0.25) is 0 Å². The van der Waals surface area contributed by atoms with Crippen LogP contribution < -0.4 is 5.32 Å². The number of nitrogens with one attached hydrogen (secondary N) is 1. The molecule has 0 radical (unpaired) electrons. The number of rotatable bonds is 3. The van der Waals surface area contributed by atoms with Gasteiger partial charge in [0.05, 0.1) is 16.9 Å². The molecule has 18 heavy (non-hydrogen) atoms. The largest absolute Gasteiger partial charge is 0.330 e. The zero-order valence-electron chi connectivity index (χ0n) is 10.7. The molecule has 1 aromatic heterocycles. The smallest absolute Gasteiger partial charge is 0.187 e. The number of thiazole rings is 1. The maximum Gasteiger partial charge on any atom is 0.187 e. The number of nitriles is 1. The van der Waals surface area contributed by atoms with Gasteiger partial charge in [-0.3, -0.25) is 0 Å². The molecule has 0 saturated heterocycles. The van der Waals surface area contributed by atoms with Crippen LogP contribution in [0.15, 0.2) is 23.6 Å². The highest BCUT2D eigenvalue weighted by Crippen LogP contribution is 2.28. The van der Waals surface area contributed by atoms with Crippen LogP contribution in [-0.4, -0.2) is 4.98 Å². The summed E-state index contributed by atoms with van der Waals surface area (Å²) < 4.78 is 0. The number of aromatic nitrogens is 1. The fourth-order valence-electron chi connectivity index (χ4n) is 1.64. The van der Waals surface area contributed by atoms with E-state index in [0.29, 0.717) is 11.5 Å². The zero-order chi connectivity index (χ0) is 13.1. The van der Waals surface area contributed by atoms with Gasteiger partial charge >= 0.3 is 0 Å². The van der Waals surface area contributed by atoms with Gasteiger partial charge in [0, 0.05) is 5.38 Å². The van der Waals surface area contributed by atoms with Gasteiger partial charge in [-0.05, 0) is 24.5 Å². The molecule has 0 aliphatic rings. The topological polar surface area (TPSA) is 48.7 Å². The lowest BCUT2D eigenvalue weighted by atomic mass is 10.1. The molecular weight excluding hydrogens is 242 g/mol. The molecule has 2 rings (SSSR count). The van der Waals surface area contributed by atoms with Crippen molar-refractivity contribution >= 4 is 22.2 Å². The van der Waals surface area contributed by atoms with Crippen LogP contribution in [0.1, 0.15) is 36.6 Å². The van der Waals surface area contributed by atoms with Gasteiger partial charge in [0.15, 0.2) is 5.13 Å². The van der Waals surface area contributed by atoms with Crippen LogP contribution >= 0.6 is 11.3 Å². The fraction of sp³-hybridized carbons (Fsp3) is 0.286. The van der Waals surface area contributed by atoms with Crippen molar-refractivity contribution in [1.29, 1.82) is 5.26 Å². The molecule has 0 aliphatic carbocycles. The van der Waals surface area contributed by atoms with E-state index < -0.39 is 0 Å². The van der Waals surface area contributed by atoms with Gasteiger partial charge in [0.2, 0.25) is 0 Å². The zero-order valence-corrected chi connectivity index (χ0v) is 11.5. The Morgan fingerprint density at radius 2 is 2.17 bits per heavy atom. The van der Waals surface area contributed by atoms with Gasteiger partial charge in [0.1, 0.15) is 6.07 Å². The van der Waals surface area contributed by atoms with Crippen LogP contribution in [-0.2, 0) is 0 Å². The van der Waals surface area contributed by atoms with Crippen molar-refractivity contribution in [3.63, 3.8) is 0 Å². The minimum atomic E-state index is 0.420. The second kappa shape index (κ2) is 5.19. The van der Waals surface area contributed by atoms with Crippen molar-refractivity contribution in [2.75, 3.05) is 5.32 Å². The van der Waals surface area contributed by atoms with Crippen LogP contribution in [0, 0.1) is 18.3 Å². The molecular formula is C14H15N3S. The molecule has 1 aromatic carbocycles. The summed E-state index contributed by atoms with van der Waals surface area (Å²) >= 11 is 1.57. The number of para-hydroxylation sites is 1. The normalized spacial score (nSPS) is 10.4. The highest BCUT2D eigenvalue weighted by atomic mass is 32.1. The molecule has 0 atom stereocenters. The summed E-state index contributed by atoms with van der Waals surface area (Å²) in [4.78, 5) is 4.52. The van der Waals surface area contributed by atoms with Crippen LogP contribution in [0.25, 0.3) is 0 Å². The number of benzene rings is 1. The second-order valence-electron chi connectivity index (χ2n) is 4.47. The van der Waals surface area contributed by atoms with Crippen molar-refractivity contribution in [3.05, 3.63) is 40.4 Å². The SMILES string of the molecule is Cc1cccc(C#N)c1Nc1nc(C(C)C)cs1. The highest BCUT2D eigenvalue weighted by Gasteiger charge is 2.09. The molecule has 0 spiro atoms. The van der Waals surface area contributed by atoms with Crippen molar-refractivity contribution in [2.24, 2.45) is 0 Å². The summed E-state index contributed by atoms with van der Waals surface area (Å²) in [5.74, 6) is 0.420. The lowest BCUT2D eigenvalue weighted by molar-refractivity contribution is 0.834. The quantitative estimate of drug-likeness (QED) is 0.896. The molecule has 4 heteroatoms. The Hall–Kier alpha value is -1.86. The summed E-state index contributed by atoms with van der Waals surface area (Å²) in [6, 6.07) is 7.89. The lowest BCUT2D eigenvalue weighted by Gasteiger charge is -2.08. The third kappa shape index (κ3) is 2.52. The molecule has 3 nitrogen and oxygen atoms in total. The molecule has 1 heterocycles. The fourth-order valence-corrected chi connectivity index (χ4v) is 2.52. The molecule has 0 saturated carbocycles. The Balaban J connectivity index is 2.31. The van der Waals surface area contributed by atoms with E-state index in [1.807, 2.05) is 25.1 Å². The summed E-state index contributed by atoms with van der Waals surface area (Å²) in [7, 11) is 0. The molecule has 0 amide bonds. The lowest BCUT2D eigenvalue weighted by Crippen LogP contribution is -1.96. The number of nitrogens with zero attached hydrogens (tertiary/aromatic N) is 2. The maximum atomic E-state index is 9.11. The van der Waals surface area contributed by atoms with E-state index in [1.54, 1.807) is 11.3 Å². The molecule has 0 fully saturated rings. The van der Waals surface area contributed by atoms with Crippen molar-refractivity contribution in [3.8, 4) is 6.07 Å². The van der Waals surface area contributed by atoms with Gasteiger partial charge in [-0.2, -0.15) is 5.26 Å². The van der Waals surface area contributed by atoms with E-state index >= 15 is 0 Å². The number of aryl methyl sites for hydroxylation is 1. The Morgan fingerprint density at radius 1 is 1.39 bits per heavy atom. The molecule has 92 valence electrons.